The van der Waals surface area contributed by atoms with E-state index in [1.165, 1.54) is 4.90 Å². The summed E-state index contributed by atoms with van der Waals surface area (Å²) in [6.45, 7) is 7.08. The maximum Gasteiger partial charge on any atom is 0.415 e. The van der Waals surface area contributed by atoms with Crippen LogP contribution in [0.1, 0.15) is 39.3 Å². The number of nitrogens with zero attached hydrogens (tertiary/aromatic N) is 3. The number of benzene rings is 2. The average molecular weight is 359 g/mol. The summed E-state index contributed by atoms with van der Waals surface area (Å²) in [4.78, 5) is 14.4. The van der Waals surface area contributed by atoms with E-state index in [2.05, 4.69) is 12.1 Å². The lowest BCUT2D eigenvalue weighted by Gasteiger charge is -2.33. The van der Waals surface area contributed by atoms with Crippen molar-refractivity contribution in [2.45, 2.75) is 39.3 Å². The first-order valence-electron chi connectivity index (χ1n) is 8.74. The SMILES string of the molecule is CC1=CC(C#N)(C#N)[C@H](c2cccc3ccccc23)N1C(=O)OC(C)(C)C. The van der Waals surface area contributed by atoms with Gasteiger partial charge in [0.2, 0.25) is 0 Å². The normalized spacial score (nSPS) is 18.5. The lowest BCUT2D eigenvalue weighted by molar-refractivity contribution is 0.0233. The first-order chi connectivity index (χ1) is 12.7. The van der Waals surface area contributed by atoms with Crippen molar-refractivity contribution in [3.8, 4) is 12.1 Å². The number of nitriles is 2. The molecule has 27 heavy (non-hydrogen) atoms. The van der Waals surface area contributed by atoms with Crippen molar-refractivity contribution < 1.29 is 9.53 Å². The molecule has 0 saturated heterocycles. The van der Waals surface area contributed by atoms with Crippen LogP contribution in [0.4, 0.5) is 4.79 Å². The van der Waals surface area contributed by atoms with E-state index in [0.29, 0.717) is 5.70 Å². The molecule has 2 aromatic carbocycles. The molecule has 1 aliphatic heterocycles. The lowest BCUT2D eigenvalue weighted by atomic mass is 9.79. The molecule has 0 radical (unpaired) electrons. The minimum atomic E-state index is -1.48. The first-order valence-corrected chi connectivity index (χ1v) is 8.74. The third-order valence-electron chi connectivity index (χ3n) is 4.58. The molecular formula is C22H21N3O2. The third kappa shape index (κ3) is 3.13. The van der Waals surface area contributed by atoms with Crippen LogP contribution in [0.5, 0.6) is 0 Å². The molecule has 3 rings (SSSR count). The number of allylic oxidation sites excluding steroid dienone is 1. The summed E-state index contributed by atoms with van der Waals surface area (Å²) in [7, 11) is 0. The molecule has 1 aliphatic rings. The Hall–Kier alpha value is -3.31. The summed E-state index contributed by atoms with van der Waals surface area (Å²) < 4.78 is 5.57. The van der Waals surface area contributed by atoms with E-state index in [-0.39, 0.29) is 0 Å². The van der Waals surface area contributed by atoms with Crippen LogP contribution in [0.2, 0.25) is 0 Å². The van der Waals surface area contributed by atoms with Gasteiger partial charge in [0.25, 0.3) is 0 Å². The molecule has 1 atom stereocenters. The van der Waals surface area contributed by atoms with E-state index >= 15 is 0 Å². The molecular weight excluding hydrogens is 338 g/mol. The van der Waals surface area contributed by atoms with Crippen molar-refractivity contribution in [3.63, 3.8) is 0 Å². The zero-order valence-corrected chi connectivity index (χ0v) is 15.9. The Kier molecular flexibility index (Phi) is 4.41. The van der Waals surface area contributed by atoms with Gasteiger partial charge in [-0.25, -0.2) is 4.79 Å². The highest BCUT2D eigenvalue weighted by Gasteiger charge is 2.51. The molecule has 5 nitrogen and oxygen atoms in total. The van der Waals surface area contributed by atoms with Crippen LogP contribution >= 0.6 is 0 Å². The van der Waals surface area contributed by atoms with Gasteiger partial charge in [-0.3, -0.25) is 4.90 Å². The molecule has 0 aliphatic carbocycles. The molecule has 5 heteroatoms. The van der Waals surface area contributed by atoms with Gasteiger partial charge >= 0.3 is 6.09 Å². The predicted molar refractivity (Wildman–Crippen MR) is 102 cm³/mol. The average Bonchev–Trinajstić information content (AvgIpc) is 2.92. The number of amides is 1. The van der Waals surface area contributed by atoms with Crippen LogP contribution in [-0.4, -0.2) is 16.6 Å². The quantitative estimate of drug-likeness (QED) is 0.712. The summed E-state index contributed by atoms with van der Waals surface area (Å²) in [5.41, 5.74) is -0.892. The molecule has 1 amide bonds. The molecule has 0 unspecified atom stereocenters. The second-order valence-corrected chi connectivity index (χ2v) is 7.70. The predicted octanol–water partition coefficient (Wildman–Crippen LogP) is 5.07. The zero-order chi connectivity index (χ0) is 19.8. The van der Waals surface area contributed by atoms with Crippen molar-refractivity contribution in [2.75, 3.05) is 0 Å². The zero-order valence-electron chi connectivity index (χ0n) is 15.9. The summed E-state index contributed by atoms with van der Waals surface area (Å²) >= 11 is 0. The number of hydrogen-bond donors (Lipinski definition) is 0. The Morgan fingerprint density at radius 3 is 2.37 bits per heavy atom. The minimum Gasteiger partial charge on any atom is -0.443 e. The topological polar surface area (TPSA) is 77.1 Å². The molecule has 0 saturated carbocycles. The summed E-state index contributed by atoms with van der Waals surface area (Å²) in [5, 5.41) is 21.6. The van der Waals surface area contributed by atoms with Crippen molar-refractivity contribution in [2.24, 2.45) is 5.41 Å². The fourth-order valence-electron chi connectivity index (χ4n) is 3.53. The standard InChI is InChI=1S/C22H21N3O2/c1-15-12-22(13-23,14-24)19(25(15)20(26)27-21(2,3)4)18-11-7-9-16-8-5-6-10-17(16)18/h5-12,19H,1-4H3/t19-/m0/s1. The van der Waals surface area contributed by atoms with Gasteiger partial charge < -0.3 is 4.74 Å². The lowest BCUT2D eigenvalue weighted by Crippen LogP contribution is -2.39. The van der Waals surface area contributed by atoms with E-state index < -0.39 is 23.2 Å². The van der Waals surface area contributed by atoms with Crippen LogP contribution in [0.15, 0.2) is 54.2 Å². The smallest absolute Gasteiger partial charge is 0.415 e. The Bertz CT molecular complexity index is 999. The molecule has 0 bridgehead atoms. The molecule has 0 spiro atoms. The van der Waals surface area contributed by atoms with Crippen molar-refractivity contribution in [1.82, 2.24) is 4.90 Å². The number of fused-ring (bicyclic) bond motifs is 1. The Balaban J connectivity index is 2.22. The van der Waals surface area contributed by atoms with Crippen molar-refractivity contribution >= 4 is 16.9 Å². The Morgan fingerprint density at radius 2 is 1.74 bits per heavy atom. The van der Waals surface area contributed by atoms with Gasteiger partial charge in [0, 0.05) is 5.70 Å². The van der Waals surface area contributed by atoms with Crippen LogP contribution in [0.25, 0.3) is 10.8 Å². The highest BCUT2D eigenvalue weighted by molar-refractivity contribution is 5.87. The second-order valence-electron chi connectivity index (χ2n) is 7.70. The third-order valence-corrected chi connectivity index (χ3v) is 4.58. The number of ether oxygens (including phenoxy) is 1. The molecule has 136 valence electrons. The molecule has 0 aromatic heterocycles. The van der Waals surface area contributed by atoms with E-state index in [1.807, 2.05) is 42.5 Å². The monoisotopic (exact) mass is 359 g/mol. The van der Waals surface area contributed by atoms with E-state index in [4.69, 9.17) is 4.74 Å². The Morgan fingerprint density at radius 1 is 1.11 bits per heavy atom. The van der Waals surface area contributed by atoms with E-state index in [0.717, 1.165) is 16.3 Å². The van der Waals surface area contributed by atoms with Gasteiger partial charge in [0.05, 0.1) is 12.1 Å². The molecule has 0 N–H and O–H groups in total. The maximum atomic E-state index is 13.0. The fraction of sp³-hybridized carbons (Fsp3) is 0.318. The van der Waals surface area contributed by atoms with Gasteiger partial charge in [-0.2, -0.15) is 10.5 Å². The van der Waals surface area contributed by atoms with Gasteiger partial charge in [0.1, 0.15) is 11.6 Å². The van der Waals surface area contributed by atoms with E-state index in [9.17, 15) is 15.3 Å². The van der Waals surface area contributed by atoms with Crippen LogP contribution in [0, 0.1) is 28.1 Å². The summed E-state index contributed by atoms with van der Waals surface area (Å²) in [6, 6.07) is 16.9. The van der Waals surface area contributed by atoms with Crippen LogP contribution in [-0.2, 0) is 4.74 Å². The molecule has 2 aromatic rings. The number of carbonyl (C=O) groups is 1. The van der Waals surface area contributed by atoms with Crippen LogP contribution in [0.3, 0.4) is 0 Å². The van der Waals surface area contributed by atoms with Gasteiger partial charge in [-0.05, 0) is 50.1 Å². The fourth-order valence-corrected chi connectivity index (χ4v) is 3.53. The Labute approximate surface area is 159 Å². The second kappa shape index (κ2) is 6.45. The van der Waals surface area contributed by atoms with Crippen molar-refractivity contribution in [3.05, 3.63) is 59.8 Å². The maximum absolute atomic E-state index is 13.0. The summed E-state index contributed by atoms with van der Waals surface area (Å²) in [6.07, 6.45) is 0.991. The highest BCUT2D eigenvalue weighted by atomic mass is 16.6. The largest absolute Gasteiger partial charge is 0.443 e. The molecule has 0 fully saturated rings. The van der Waals surface area contributed by atoms with Gasteiger partial charge in [0.15, 0.2) is 5.41 Å². The number of rotatable bonds is 1. The highest BCUT2D eigenvalue weighted by Crippen LogP contribution is 2.49. The number of hydrogen-bond acceptors (Lipinski definition) is 4. The minimum absolute atomic E-state index is 0.533. The van der Waals surface area contributed by atoms with Gasteiger partial charge in [-0.15, -0.1) is 0 Å². The van der Waals surface area contributed by atoms with Gasteiger partial charge in [-0.1, -0.05) is 42.5 Å². The van der Waals surface area contributed by atoms with Crippen LogP contribution < -0.4 is 0 Å². The van der Waals surface area contributed by atoms with Crippen molar-refractivity contribution in [1.29, 1.82) is 10.5 Å². The summed E-state index contributed by atoms with van der Waals surface area (Å²) in [5.74, 6) is 0. The first kappa shape index (κ1) is 18.5. The molecule has 1 heterocycles. The van der Waals surface area contributed by atoms with E-state index in [1.54, 1.807) is 33.8 Å². The number of carbonyl (C=O) groups excluding carboxylic acids is 1.